The van der Waals surface area contributed by atoms with Crippen LogP contribution in [0.2, 0.25) is 0 Å². The van der Waals surface area contributed by atoms with Gasteiger partial charge in [-0.2, -0.15) is 5.10 Å². The lowest BCUT2D eigenvalue weighted by atomic mass is 10.0. The first-order valence-corrected chi connectivity index (χ1v) is 9.81. The van der Waals surface area contributed by atoms with E-state index in [2.05, 4.69) is 15.5 Å². The number of H-pyrrole nitrogens is 1. The van der Waals surface area contributed by atoms with Crippen LogP contribution >= 0.6 is 11.3 Å². The van der Waals surface area contributed by atoms with Crippen molar-refractivity contribution in [1.29, 1.82) is 0 Å². The van der Waals surface area contributed by atoms with E-state index in [9.17, 15) is 4.79 Å². The van der Waals surface area contributed by atoms with Crippen LogP contribution in [0.15, 0.2) is 83.3 Å². The van der Waals surface area contributed by atoms with Gasteiger partial charge in [-0.3, -0.25) is 4.79 Å². The number of carbonyl (C=O) groups excluding carboxylic acids is 1. The molecular formula is C23H19N3OS. The lowest BCUT2D eigenvalue weighted by Gasteiger charge is -2.03. The van der Waals surface area contributed by atoms with Gasteiger partial charge in [0.15, 0.2) is 0 Å². The molecule has 138 valence electrons. The maximum Gasteiger partial charge on any atom is 0.288 e. The maximum atomic E-state index is 12.8. The van der Waals surface area contributed by atoms with E-state index in [1.165, 1.54) is 0 Å². The molecule has 0 aliphatic carbocycles. The Hall–Kier alpha value is -3.44. The summed E-state index contributed by atoms with van der Waals surface area (Å²) in [6.07, 6.45) is 1.68. The molecule has 4 rings (SSSR count). The van der Waals surface area contributed by atoms with Gasteiger partial charge in [-0.05, 0) is 41.1 Å². The number of aromatic amines is 1. The van der Waals surface area contributed by atoms with Gasteiger partial charge in [0.1, 0.15) is 5.69 Å². The van der Waals surface area contributed by atoms with Crippen LogP contribution in [0.5, 0.6) is 0 Å². The normalized spacial score (nSPS) is 11.0. The topological polar surface area (TPSA) is 57.2 Å². The zero-order chi connectivity index (χ0) is 19.3. The number of nitrogens with zero attached hydrogens (tertiary/aromatic N) is 1. The molecule has 2 aromatic carbocycles. The average Bonchev–Trinajstić information content (AvgIpc) is 3.36. The molecule has 5 heteroatoms. The number of hydrogen-bond acceptors (Lipinski definition) is 3. The molecular weight excluding hydrogens is 366 g/mol. The Morgan fingerprint density at radius 1 is 1.00 bits per heavy atom. The van der Waals surface area contributed by atoms with Gasteiger partial charge in [0.2, 0.25) is 0 Å². The number of nitrogens with one attached hydrogen (secondary N) is 2. The number of rotatable bonds is 5. The highest BCUT2D eigenvalue weighted by Gasteiger charge is 2.17. The second kappa shape index (κ2) is 8.06. The molecule has 1 amide bonds. The fourth-order valence-corrected chi connectivity index (χ4v) is 3.76. The first-order chi connectivity index (χ1) is 13.7. The summed E-state index contributed by atoms with van der Waals surface area (Å²) in [7, 11) is 0. The Kier molecular flexibility index (Phi) is 5.17. The van der Waals surface area contributed by atoms with Crippen molar-refractivity contribution in [1.82, 2.24) is 10.4 Å². The van der Waals surface area contributed by atoms with E-state index in [0.717, 1.165) is 32.8 Å². The third-order valence-electron chi connectivity index (χ3n) is 4.46. The molecule has 0 radical (unpaired) electrons. The average molecular weight is 385 g/mol. The molecule has 2 N–H and O–H groups in total. The number of hydrogen-bond donors (Lipinski definition) is 2. The molecule has 2 aromatic heterocycles. The van der Waals surface area contributed by atoms with E-state index in [4.69, 9.17) is 0 Å². The van der Waals surface area contributed by atoms with E-state index in [-0.39, 0.29) is 5.91 Å². The van der Waals surface area contributed by atoms with Gasteiger partial charge < -0.3 is 4.98 Å². The largest absolute Gasteiger partial charge is 0.350 e. The first-order valence-electron chi connectivity index (χ1n) is 8.94. The second-order valence-corrected chi connectivity index (χ2v) is 7.32. The number of benzene rings is 2. The van der Waals surface area contributed by atoms with E-state index >= 15 is 0 Å². The second-order valence-electron chi connectivity index (χ2n) is 6.37. The van der Waals surface area contributed by atoms with Crippen LogP contribution in [0.1, 0.15) is 20.9 Å². The van der Waals surface area contributed by atoms with E-state index in [1.54, 1.807) is 17.6 Å². The van der Waals surface area contributed by atoms with Gasteiger partial charge in [0.05, 0.1) is 6.21 Å². The van der Waals surface area contributed by atoms with Crippen LogP contribution in [-0.2, 0) is 0 Å². The fourth-order valence-electron chi connectivity index (χ4n) is 2.97. The molecule has 0 bridgehead atoms. The predicted octanol–water partition coefficient (Wildman–Crippen LogP) is 5.48. The summed E-state index contributed by atoms with van der Waals surface area (Å²) < 4.78 is 0. The molecule has 28 heavy (non-hydrogen) atoms. The molecule has 0 aliphatic rings. The van der Waals surface area contributed by atoms with E-state index < -0.39 is 0 Å². The molecule has 0 aliphatic heterocycles. The van der Waals surface area contributed by atoms with Crippen LogP contribution in [-0.4, -0.2) is 17.1 Å². The van der Waals surface area contributed by atoms with Gasteiger partial charge in [0, 0.05) is 16.1 Å². The maximum absolute atomic E-state index is 12.8. The highest BCUT2D eigenvalue weighted by molar-refractivity contribution is 7.11. The van der Waals surface area contributed by atoms with Crippen LogP contribution in [0, 0.1) is 6.92 Å². The number of hydrazone groups is 1. The standard InChI is InChI=1S/C23H19N3OS/c1-16-12-13-28-21(16)15-24-26-23(27)22-19(17-8-4-2-5-9-17)14-20(25-22)18-10-6-3-7-11-18/h2-15,25H,1H3,(H,26,27). The Balaban J connectivity index is 1.66. The summed E-state index contributed by atoms with van der Waals surface area (Å²) in [6, 6.07) is 23.9. The molecule has 0 saturated heterocycles. The molecule has 0 atom stereocenters. The lowest BCUT2D eigenvalue weighted by molar-refractivity contribution is 0.0951. The highest BCUT2D eigenvalue weighted by atomic mass is 32.1. The summed E-state index contributed by atoms with van der Waals surface area (Å²) in [5.74, 6) is -0.272. The molecule has 2 heterocycles. The van der Waals surface area contributed by atoms with Crippen molar-refractivity contribution in [2.24, 2.45) is 5.10 Å². The van der Waals surface area contributed by atoms with Crippen molar-refractivity contribution >= 4 is 23.5 Å². The van der Waals surface area contributed by atoms with Gasteiger partial charge in [-0.25, -0.2) is 5.43 Å². The van der Waals surface area contributed by atoms with Crippen molar-refractivity contribution in [3.8, 4) is 22.4 Å². The summed E-state index contributed by atoms with van der Waals surface area (Å²) in [5.41, 5.74) is 8.01. The van der Waals surface area contributed by atoms with Gasteiger partial charge in [-0.1, -0.05) is 60.7 Å². The lowest BCUT2D eigenvalue weighted by Crippen LogP contribution is -2.18. The Morgan fingerprint density at radius 2 is 1.68 bits per heavy atom. The summed E-state index contributed by atoms with van der Waals surface area (Å²) in [5, 5.41) is 6.14. The SMILES string of the molecule is Cc1ccsc1C=NNC(=O)c1[nH]c(-c2ccccc2)cc1-c1ccccc1. The van der Waals surface area contributed by atoms with Crippen molar-refractivity contribution in [2.75, 3.05) is 0 Å². The van der Waals surface area contributed by atoms with Crippen molar-refractivity contribution < 1.29 is 4.79 Å². The fraction of sp³-hybridized carbons (Fsp3) is 0.0435. The van der Waals surface area contributed by atoms with Crippen LogP contribution in [0.25, 0.3) is 22.4 Å². The minimum Gasteiger partial charge on any atom is -0.350 e. The molecule has 4 aromatic rings. The number of carbonyl (C=O) groups is 1. The third kappa shape index (κ3) is 3.80. The predicted molar refractivity (Wildman–Crippen MR) is 116 cm³/mol. The number of aryl methyl sites for hydroxylation is 1. The molecule has 4 nitrogen and oxygen atoms in total. The first kappa shape index (κ1) is 17.9. The zero-order valence-electron chi connectivity index (χ0n) is 15.3. The quantitative estimate of drug-likeness (QED) is 0.347. The minimum atomic E-state index is -0.272. The van der Waals surface area contributed by atoms with Crippen LogP contribution < -0.4 is 5.43 Å². The van der Waals surface area contributed by atoms with Crippen molar-refractivity contribution in [2.45, 2.75) is 6.92 Å². The molecule has 0 unspecified atom stereocenters. The zero-order valence-corrected chi connectivity index (χ0v) is 16.2. The van der Waals surface area contributed by atoms with Crippen molar-refractivity contribution in [3.63, 3.8) is 0 Å². The van der Waals surface area contributed by atoms with E-state index in [0.29, 0.717) is 5.69 Å². The number of aromatic nitrogens is 1. The van der Waals surface area contributed by atoms with Gasteiger partial charge in [0.25, 0.3) is 5.91 Å². The number of thiophene rings is 1. The monoisotopic (exact) mass is 385 g/mol. The Morgan fingerprint density at radius 3 is 2.32 bits per heavy atom. The Bertz CT molecular complexity index is 1110. The summed E-state index contributed by atoms with van der Waals surface area (Å²) in [6.45, 7) is 2.02. The number of amides is 1. The van der Waals surface area contributed by atoms with Crippen LogP contribution in [0.3, 0.4) is 0 Å². The van der Waals surface area contributed by atoms with Gasteiger partial charge in [-0.15, -0.1) is 11.3 Å². The van der Waals surface area contributed by atoms with Gasteiger partial charge >= 0.3 is 0 Å². The highest BCUT2D eigenvalue weighted by Crippen LogP contribution is 2.29. The van der Waals surface area contributed by atoms with Crippen LogP contribution in [0.4, 0.5) is 0 Å². The molecule has 0 fully saturated rings. The third-order valence-corrected chi connectivity index (χ3v) is 5.42. The summed E-state index contributed by atoms with van der Waals surface area (Å²) in [4.78, 5) is 17.1. The molecule has 0 saturated carbocycles. The van der Waals surface area contributed by atoms with E-state index in [1.807, 2.05) is 85.1 Å². The van der Waals surface area contributed by atoms with Crippen molar-refractivity contribution in [3.05, 3.63) is 94.3 Å². The summed E-state index contributed by atoms with van der Waals surface area (Å²) >= 11 is 1.59. The smallest absolute Gasteiger partial charge is 0.288 e. The molecule has 0 spiro atoms. The Labute approximate surface area is 167 Å². The minimum absolute atomic E-state index is 0.272.